The summed E-state index contributed by atoms with van der Waals surface area (Å²) in [6.45, 7) is 5.01. The van der Waals surface area contributed by atoms with Gasteiger partial charge in [-0.25, -0.2) is 0 Å². The molecule has 0 heterocycles. The smallest absolute Gasteiger partial charge is 0.0761 e. The fourth-order valence-electron chi connectivity index (χ4n) is 2.26. The van der Waals surface area contributed by atoms with E-state index < -0.39 is 6.10 Å². The molecule has 0 aromatic heterocycles. The van der Waals surface area contributed by atoms with Gasteiger partial charge < -0.3 is 10.0 Å². The van der Waals surface area contributed by atoms with Gasteiger partial charge >= 0.3 is 0 Å². The Morgan fingerprint density at radius 1 is 0.950 bits per heavy atom. The van der Waals surface area contributed by atoms with Crippen molar-refractivity contribution in [3.63, 3.8) is 0 Å². The first-order chi connectivity index (χ1) is 9.72. The molecule has 0 aliphatic rings. The molecule has 0 aliphatic heterocycles. The lowest BCUT2D eigenvalue weighted by Crippen LogP contribution is -2.18. The number of hydrogen-bond acceptors (Lipinski definition) is 2. The second kappa shape index (κ2) is 7.11. The van der Waals surface area contributed by atoms with E-state index >= 15 is 0 Å². The molecule has 2 aromatic carbocycles. The molecular formula is C18H23NO. The Morgan fingerprint density at radius 2 is 1.55 bits per heavy atom. The Labute approximate surface area is 121 Å². The molecule has 0 bridgehead atoms. The molecule has 1 N–H and O–H groups in total. The number of hydrogen-bond donors (Lipinski definition) is 1. The van der Waals surface area contributed by atoms with Gasteiger partial charge in [-0.15, -0.1) is 0 Å². The molecule has 0 saturated carbocycles. The van der Waals surface area contributed by atoms with Gasteiger partial charge in [-0.2, -0.15) is 0 Å². The van der Waals surface area contributed by atoms with Gasteiger partial charge in [0.15, 0.2) is 0 Å². The molecule has 0 aliphatic carbocycles. The predicted molar refractivity (Wildman–Crippen MR) is 85.4 cm³/mol. The summed E-state index contributed by atoms with van der Waals surface area (Å²) in [6.07, 6.45) is 1.92. The molecule has 106 valence electrons. The highest BCUT2D eigenvalue weighted by Crippen LogP contribution is 2.27. The Balaban J connectivity index is 2.26. The number of para-hydroxylation sites is 1. The number of unbranched alkanes of at least 4 members (excludes halogenated alkanes) is 1. The predicted octanol–water partition coefficient (Wildman–Crippen LogP) is 4.68. The maximum atomic E-state index is 9.60. The van der Waals surface area contributed by atoms with Crippen LogP contribution in [0.2, 0.25) is 0 Å². The second-order valence-corrected chi connectivity index (χ2v) is 5.11. The largest absolute Gasteiger partial charge is 0.389 e. The van der Waals surface area contributed by atoms with Crippen molar-refractivity contribution < 1.29 is 5.11 Å². The summed E-state index contributed by atoms with van der Waals surface area (Å²) in [7, 11) is 0. The molecule has 2 rings (SSSR count). The van der Waals surface area contributed by atoms with E-state index in [2.05, 4.69) is 48.2 Å². The summed E-state index contributed by atoms with van der Waals surface area (Å²) in [6, 6.07) is 18.6. The summed E-state index contributed by atoms with van der Waals surface area (Å²) in [5.41, 5.74) is 3.34. The Morgan fingerprint density at radius 3 is 2.10 bits per heavy atom. The van der Waals surface area contributed by atoms with Gasteiger partial charge in [-0.1, -0.05) is 43.7 Å². The van der Waals surface area contributed by atoms with Crippen LogP contribution < -0.4 is 4.90 Å². The third kappa shape index (κ3) is 3.61. The van der Waals surface area contributed by atoms with Gasteiger partial charge in [0.1, 0.15) is 0 Å². The molecule has 20 heavy (non-hydrogen) atoms. The molecule has 2 aromatic rings. The number of rotatable bonds is 6. The summed E-state index contributed by atoms with van der Waals surface area (Å²) < 4.78 is 0. The number of aliphatic hydroxyl groups excluding tert-OH is 1. The Hall–Kier alpha value is -1.80. The molecule has 2 nitrogen and oxygen atoms in total. The lowest BCUT2D eigenvalue weighted by Gasteiger charge is -2.25. The summed E-state index contributed by atoms with van der Waals surface area (Å²) in [4.78, 5) is 2.33. The minimum atomic E-state index is -0.412. The SMILES string of the molecule is CCCCN(c1ccccc1)c1ccc([C@H](C)O)cc1. The number of anilines is 2. The van der Waals surface area contributed by atoms with Crippen LogP contribution in [-0.2, 0) is 0 Å². The van der Waals surface area contributed by atoms with Crippen LogP contribution in [0.15, 0.2) is 54.6 Å². The maximum Gasteiger partial charge on any atom is 0.0761 e. The molecule has 1 atom stereocenters. The summed E-state index contributed by atoms with van der Waals surface area (Å²) >= 11 is 0. The van der Waals surface area contributed by atoms with Crippen molar-refractivity contribution in [2.45, 2.75) is 32.8 Å². The molecule has 0 unspecified atom stereocenters. The quantitative estimate of drug-likeness (QED) is 0.823. The zero-order valence-electron chi connectivity index (χ0n) is 12.3. The molecule has 0 radical (unpaired) electrons. The second-order valence-electron chi connectivity index (χ2n) is 5.11. The lowest BCUT2D eigenvalue weighted by molar-refractivity contribution is 0.199. The van der Waals surface area contributed by atoms with Crippen molar-refractivity contribution in [1.29, 1.82) is 0 Å². The lowest BCUT2D eigenvalue weighted by atomic mass is 10.1. The minimum absolute atomic E-state index is 0.412. The highest BCUT2D eigenvalue weighted by atomic mass is 16.3. The van der Waals surface area contributed by atoms with Crippen LogP contribution in [0.25, 0.3) is 0 Å². The Bertz CT molecular complexity index is 505. The standard InChI is InChI=1S/C18H23NO/c1-3-4-14-19(17-8-6-5-7-9-17)18-12-10-16(11-13-18)15(2)20/h5-13,15,20H,3-4,14H2,1-2H3/t15-/m0/s1. The van der Waals surface area contributed by atoms with Gasteiger partial charge in [-0.3, -0.25) is 0 Å². The van der Waals surface area contributed by atoms with Gasteiger partial charge in [0, 0.05) is 17.9 Å². The topological polar surface area (TPSA) is 23.5 Å². The minimum Gasteiger partial charge on any atom is -0.389 e. The van der Waals surface area contributed by atoms with Crippen molar-refractivity contribution in [2.75, 3.05) is 11.4 Å². The molecular weight excluding hydrogens is 246 g/mol. The molecule has 0 amide bonds. The van der Waals surface area contributed by atoms with E-state index in [4.69, 9.17) is 0 Å². The van der Waals surface area contributed by atoms with Gasteiger partial charge in [0.25, 0.3) is 0 Å². The van der Waals surface area contributed by atoms with Crippen LogP contribution in [0.1, 0.15) is 38.4 Å². The summed E-state index contributed by atoms with van der Waals surface area (Å²) in [5, 5.41) is 9.60. The zero-order valence-corrected chi connectivity index (χ0v) is 12.3. The fourth-order valence-corrected chi connectivity index (χ4v) is 2.26. The highest BCUT2D eigenvalue weighted by molar-refractivity contribution is 5.63. The maximum absolute atomic E-state index is 9.60. The van der Waals surface area contributed by atoms with E-state index in [1.165, 1.54) is 17.8 Å². The average Bonchev–Trinajstić information content (AvgIpc) is 2.49. The highest BCUT2D eigenvalue weighted by Gasteiger charge is 2.09. The summed E-state index contributed by atoms with van der Waals surface area (Å²) in [5.74, 6) is 0. The molecule has 0 spiro atoms. The molecule has 0 saturated heterocycles. The van der Waals surface area contributed by atoms with Crippen LogP contribution in [0.3, 0.4) is 0 Å². The van der Waals surface area contributed by atoms with Crippen LogP contribution in [0, 0.1) is 0 Å². The van der Waals surface area contributed by atoms with Gasteiger partial charge in [-0.05, 0) is 43.2 Å². The first kappa shape index (κ1) is 14.6. The molecule has 2 heteroatoms. The number of aliphatic hydroxyl groups is 1. The van der Waals surface area contributed by atoms with Crippen molar-refractivity contribution in [2.24, 2.45) is 0 Å². The van der Waals surface area contributed by atoms with Crippen LogP contribution >= 0.6 is 0 Å². The van der Waals surface area contributed by atoms with E-state index in [0.717, 1.165) is 18.5 Å². The average molecular weight is 269 g/mol. The first-order valence-electron chi connectivity index (χ1n) is 7.33. The van der Waals surface area contributed by atoms with Gasteiger partial charge in [0.2, 0.25) is 0 Å². The molecule has 0 fully saturated rings. The van der Waals surface area contributed by atoms with E-state index in [9.17, 15) is 5.11 Å². The van der Waals surface area contributed by atoms with Crippen molar-refractivity contribution in [3.05, 3.63) is 60.2 Å². The van der Waals surface area contributed by atoms with E-state index in [1.807, 2.05) is 18.2 Å². The number of benzene rings is 2. The number of nitrogens with zero attached hydrogens (tertiary/aromatic N) is 1. The van der Waals surface area contributed by atoms with Crippen molar-refractivity contribution >= 4 is 11.4 Å². The third-order valence-corrected chi connectivity index (χ3v) is 3.49. The Kier molecular flexibility index (Phi) is 5.19. The van der Waals surface area contributed by atoms with Gasteiger partial charge in [0.05, 0.1) is 6.10 Å². The van der Waals surface area contributed by atoms with Crippen LogP contribution in [0.4, 0.5) is 11.4 Å². The van der Waals surface area contributed by atoms with Crippen LogP contribution in [0.5, 0.6) is 0 Å². The third-order valence-electron chi connectivity index (χ3n) is 3.49. The van der Waals surface area contributed by atoms with Crippen molar-refractivity contribution in [1.82, 2.24) is 0 Å². The van der Waals surface area contributed by atoms with Crippen LogP contribution in [-0.4, -0.2) is 11.7 Å². The van der Waals surface area contributed by atoms with E-state index in [0.29, 0.717) is 0 Å². The van der Waals surface area contributed by atoms with E-state index in [1.54, 1.807) is 6.92 Å². The normalized spacial score (nSPS) is 12.2. The zero-order chi connectivity index (χ0) is 14.4. The fraction of sp³-hybridized carbons (Fsp3) is 0.333. The van der Waals surface area contributed by atoms with Crippen molar-refractivity contribution in [3.8, 4) is 0 Å². The monoisotopic (exact) mass is 269 g/mol. The van der Waals surface area contributed by atoms with E-state index in [-0.39, 0.29) is 0 Å². The first-order valence-corrected chi connectivity index (χ1v) is 7.33.